The van der Waals surface area contributed by atoms with E-state index < -0.39 is 6.09 Å². The number of pyridine rings is 1. The maximum atomic E-state index is 10.9. The standard InChI is InChI=1S/C16H23N5O3/c1-2-24-15-13(8-17)14(18)7-12(20-15)10-19-9-11-3-5-21(6-4-11)16(22)23/h7,11,19H,2-6,9-10H2,1H3,(H2,18,20)(H,22,23). The molecule has 0 saturated carbocycles. The van der Waals surface area contributed by atoms with E-state index in [9.17, 15) is 4.79 Å². The van der Waals surface area contributed by atoms with Crippen molar-refractivity contribution in [3.05, 3.63) is 17.3 Å². The number of aromatic nitrogens is 1. The topological polar surface area (TPSA) is 124 Å². The largest absolute Gasteiger partial charge is 0.477 e. The molecule has 1 aliphatic rings. The quantitative estimate of drug-likeness (QED) is 0.719. The molecule has 0 unspecified atom stereocenters. The number of amides is 1. The zero-order valence-electron chi connectivity index (χ0n) is 13.8. The number of nitrogens with two attached hydrogens (primary N) is 1. The summed E-state index contributed by atoms with van der Waals surface area (Å²) < 4.78 is 5.38. The van der Waals surface area contributed by atoms with Gasteiger partial charge in [0, 0.05) is 19.6 Å². The van der Waals surface area contributed by atoms with Crippen LogP contribution >= 0.6 is 0 Å². The zero-order chi connectivity index (χ0) is 17.5. The van der Waals surface area contributed by atoms with Gasteiger partial charge in [0.05, 0.1) is 18.0 Å². The van der Waals surface area contributed by atoms with Crippen molar-refractivity contribution < 1.29 is 14.6 Å². The highest BCUT2D eigenvalue weighted by Gasteiger charge is 2.22. The van der Waals surface area contributed by atoms with Crippen LogP contribution < -0.4 is 15.8 Å². The molecule has 0 spiro atoms. The van der Waals surface area contributed by atoms with Crippen LogP contribution in [-0.2, 0) is 6.54 Å². The number of nitrogen functional groups attached to an aromatic ring is 1. The van der Waals surface area contributed by atoms with Crippen molar-refractivity contribution in [3.8, 4) is 11.9 Å². The second-order valence-corrected chi connectivity index (χ2v) is 5.77. The Bertz CT molecular complexity index is 621. The van der Waals surface area contributed by atoms with E-state index in [1.165, 1.54) is 4.90 Å². The van der Waals surface area contributed by atoms with E-state index in [-0.39, 0.29) is 11.4 Å². The van der Waals surface area contributed by atoms with E-state index in [0.29, 0.717) is 37.8 Å². The normalized spacial score (nSPS) is 15.1. The predicted molar refractivity (Wildman–Crippen MR) is 88.6 cm³/mol. The number of likely N-dealkylation sites (tertiary alicyclic amines) is 1. The molecule has 1 aromatic heterocycles. The Kier molecular flexibility index (Phi) is 6.21. The number of nitrogens with one attached hydrogen (secondary N) is 1. The van der Waals surface area contributed by atoms with Crippen molar-refractivity contribution in [3.63, 3.8) is 0 Å². The van der Waals surface area contributed by atoms with Gasteiger partial charge in [0.15, 0.2) is 0 Å². The number of carboxylic acid groups (broad SMARTS) is 1. The van der Waals surface area contributed by atoms with Crippen molar-refractivity contribution in [1.29, 1.82) is 5.26 Å². The molecule has 1 saturated heterocycles. The van der Waals surface area contributed by atoms with Crippen LogP contribution in [0.15, 0.2) is 6.07 Å². The molecule has 2 rings (SSSR count). The van der Waals surface area contributed by atoms with Gasteiger partial charge in [0.25, 0.3) is 0 Å². The Hall–Kier alpha value is -2.53. The summed E-state index contributed by atoms with van der Waals surface area (Å²) in [7, 11) is 0. The number of nitriles is 1. The number of carbonyl (C=O) groups is 1. The molecule has 2 heterocycles. The van der Waals surface area contributed by atoms with E-state index in [0.717, 1.165) is 25.1 Å². The SMILES string of the molecule is CCOc1nc(CNCC2CCN(C(=O)O)CC2)cc(N)c1C#N. The van der Waals surface area contributed by atoms with Crippen LogP contribution in [0.3, 0.4) is 0 Å². The molecule has 24 heavy (non-hydrogen) atoms. The van der Waals surface area contributed by atoms with Crippen molar-refractivity contribution in [2.24, 2.45) is 5.92 Å². The molecule has 0 radical (unpaired) electrons. The first kappa shape index (κ1) is 17.8. The van der Waals surface area contributed by atoms with Gasteiger partial charge in [-0.3, -0.25) is 0 Å². The van der Waals surface area contributed by atoms with Crippen LogP contribution in [0.2, 0.25) is 0 Å². The molecule has 8 heteroatoms. The smallest absolute Gasteiger partial charge is 0.407 e. The van der Waals surface area contributed by atoms with Gasteiger partial charge in [-0.2, -0.15) is 5.26 Å². The number of rotatable bonds is 6. The molecule has 8 nitrogen and oxygen atoms in total. The zero-order valence-corrected chi connectivity index (χ0v) is 13.8. The van der Waals surface area contributed by atoms with Gasteiger partial charge in [-0.25, -0.2) is 9.78 Å². The molecule has 1 aliphatic heterocycles. The van der Waals surface area contributed by atoms with Crippen LogP contribution in [0.4, 0.5) is 10.5 Å². The highest BCUT2D eigenvalue weighted by Crippen LogP contribution is 2.23. The minimum atomic E-state index is -0.845. The summed E-state index contributed by atoms with van der Waals surface area (Å²) in [6.45, 7) is 4.72. The third-order valence-electron chi connectivity index (χ3n) is 4.09. The molecular weight excluding hydrogens is 310 g/mol. The summed E-state index contributed by atoms with van der Waals surface area (Å²) in [5, 5.41) is 21.4. The molecule has 1 aromatic rings. The molecule has 0 atom stereocenters. The summed E-state index contributed by atoms with van der Waals surface area (Å²) in [5.41, 5.74) is 7.24. The minimum Gasteiger partial charge on any atom is -0.477 e. The van der Waals surface area contributed by atoms with E-state index in [1.807, 2.05) is 13.0 Å². The average Bonchev–Trinajstić information content (AvgIpc) is 2.55. The Balaban J connectivity index is 1.87. The molecule has 4 N–H and O–H groups in total. The molecule has 130 valence electrons. The first-order valence-electron chi connectivity index (χ1n) is 8.06. The Morgan fingerprint density at radius 3 is 2.88 bits per heavy atom. The second-order valence-electron chi connectivity index (χ2n) is 5.77. The van der Waals surface area contributed by atoms with E-state index in [1.54, 1.807) is 6.07 Å². The summed E-state index contributed by atoms with van der Waals surface area (Å²) >= 11 is 0. The van der Waals surface area contributed by atoms with Gasteiger partial charge >= 0.3 is 6.09 Å². The molecule has 0 aliphatic carbocycles. The third-order valence-corrected chi connectivity index (χ3v) is 4.09. The van der Waals surface area contributed by atoms with Crippen LogP contribution in [0.25, 0.3) is 0 Å². The number of anilines is 1. The fraction of sp³-hybridized carbons (Fsp3) is 0.562. The lowest BCUT2D eigenvalue weighted by Gasteiger charge is -2.30. The number of hydrogen-bond donors (Lipinski definition) is 3. The van der Waals surface area contributed by atoms with Crippen molar-refractivity contribution >= 4 is 11.8 Å². The van der Waals surface area contributed by atoms with Gasteiger partial charge in [-0.15, -0.1) is 0 Å². The average molecular weight is 333 g/mol. The highest BCUT2D eigenvalue weighted by molar-refractivity contribution is 5.65. The minimum absolute atomic E-state index is 0.265. The number of piperidine rings is 1. The molecule has 0 aromatic carbocycles. The second kappa shape index (κ2) is 8.36. The molecule has 0 bridgehead atoms. The van der Waals surface area contributed by atoms with Gasteiger partial charge in [0.2, 0.25) is 5.88 Å². The number of ether oxygens (including phenoxy) is 1. The van der Waals surface area contributed by atoms with Crippen LogP contribution in [0.5, 0.6) is 5.88 Å². The fourth-order valence-electron chi connectivity index (χ4n) is 2.77. The lowest BCUT2D eigenvalue weighted by Crippen LogP contribution is -2.39. The number of hydrogen-bond acceptors (Lipinski definition) is 6. The highest BCUT2D eigenvalue weighted by atomic mass is 16.5. The molecule has 1 amide bonds. The first-order chi connectivity index (χ1) is 11.5. The molecular formula is C16H23N5O3. The Labute approximate surface area is 141 Å². The van der Waals surface area contributed by atoms with E-state index >= 15 is 0 Å². The lowest BCUT2D eigenvalue weighted by atomic mass is 9.97. The Morgan fingerprint density at radius 2 is 2.29 bits per heavy atom. The molecule has 1 fully saturated rings. The van der Waals surface area contributed by atoms with Crippen LogP contribution in [0, 0.1) is 17.2 Å². The summed E-state index contributed by atoms with van der Waals surface area (Å²) in [6.07, 6.45) is 0.862. The number of nitrogens with zero attached hydrogens (tertiary/aromatic N) is 3. The van der Waals surface area contributed by atoms with Gasteiger partial charge in [-0.05, 0) is 38.3 Å². The van der Waals surface area contributed by atoms with Crippen molar-refractivity contribution in [1.82, 2.24) is 15.2 Å². The maximum absolute atomic E-state index is 10.9. The van der Waals surface area contributed by atoms with Gasteiger partial charge < -0.3 is 25.8 Å². The van der Waals surface area contributed by atoms with E-state index in [2.05, 4.69) is 10.3 Å². The predicted octanol–water partition coefficient (Wildman–Crippen LogP) is 1.41. The summed E-state index contributed by atoms with van der Waals surface area (Å²) in [5.74, 6) is 0.717. The van der Waals surface area contributed by atoms with Gasteiger partial charge in [0.1, 0.15) is 11.6 Å². The summed E-state index contributed by atoms with van der Waals surface area (Å²) in [6, 6.07) is 3.69. The maximum Gasteiger partial charge on any atom is 0.407 e. The monoisotopic (exact) mass is 333 g/mol. The van der Waals surface area contributed by atoms with E-state index in [4.69, 9.17) is 20.8 Å². The van der Waals surface area contributed by atoms with Gasteiger partial charge in [-0.1, -0.05) is 0 Å². The van der Waals surface area contributed by atoms with Crippen molar-refractivity contribution in [2.75, 3.05) is 32.0 Å². The summed E-state index contributed by atoms with van der Waals surface area (Å²) in [4.78, 5) is 16.7. The van der Waals surface area contributed by atoms with Crippen molar-refractivity contribution in [2.45, 2.75) is 26.3 Å². The third kappa shape index (κ3) is 4.49. The Morgan fingerprint density at radius 1 is 1.58 bits per heavy atom. The van der Waals surface area contributed by atoms with Crippen LogP contribution in [-0.4, -0.2) is 47.3 Å². The fourth-order valence-corrected chi connectivity index (χ4v) is 2.77. The first-order valence-corrected chi connectivity index (χ1v) is 8.06. The lowest BCUT2D eigenvalue weighted by molar-refractivity contribution is 0.124. The van der Waals surface area contributed by atoms with Crippen LogP contribution in [0.1, 0.15) is 31.0 Å².